The number of morpholine rings is 1. The maximum absolute atomic E-state index is 13.9. The van der Waals surface area contributed by atoms with Gasteiger partial charge in [-0.05, 0) is 49.1 Å². The van der Waals surface area contributed by atoms with Crippen molar-refractivity contribution in [1.29, 1.82) is 0 Å². The molecule has 0 bridgehead atoms. The van der Waals surface area contributed by atoms with Crippen molar-refractivity contribution >= 4 is 11.9 Å². The van der Waals surface area contributed by atoms with Crippen LogP contribution in [0.5, 0.6) is 5.75 Å². The third kappa shape index (κ3) is 8.19. The predicted molar refractivity (Wildman–Crippen MR) is 144 cm³/mol. The number of nitrogens with zero attached hydrogens (tertiary/aromatic N) is 2. The summed E-state index contributed by atoms with van der Waals surface area (Å²) in [5.41, 5.74) is 2.27. The lowest BCUT2D eigenvalue weighted by Crippen LogP contribution is -2.43. The highest BCUT2D eigenvalue weighted by atomic mass is 16.5. The summed E-state index contributed by atoms with van der Waals surface area (Å²) >= 11 is 0. The predicted octanol–water partition coefficient (Wildman–Crippen LogP) is 4.95. The SMILES string of the molecule is [2H]C(CN1CCOCC1)N(Cc1ccc(-c2ccco2)cc1)C(=O)c1ccccc1OCCCCCC(=O)O. The Balaban J connectivity index is 1.48. The van der Waals surface area contributed by atoms with Crippen LogP contribution in [0.4, 0.5) is 0 Å². The molecule has 8 nitrogen and oxygen atoms in total. The number of carboxylic acid groups (broad SMARTS) is 1. The van der Waals surface area contributed by atoms with Gasteiger partial charge in [0, 0.05) is 44.7 Å². The van der Waals surface area contributed by atoms with E-state index in [0.29, 0.717) is 50.5 Å². The number of amides is 1. The molecule has 1 fully saturated rings. The molecule has 1 aliphatic heterocycles. The Morgan fingerprint density at radius 3 is 2.53 bits per heavy atom. The van der Waals surface area contributed by atoms with Crippen molar-refractivity contribution in [1.82, 2.24) is 9.80 Å². The summed E-state index contributed by atoms with van der Waals surface area (Å²) in [7, 11) is 0. The van der Waals surface area contributed by atoms with E-state index in [4.69, 9.17) is 20.4 Å². The van der Waals surface area contributed by atoms with Crippen LogP contribution >= 0.6 is 0 Å². The molecule has 0 spiro atoms. The van der Waals surface area contributed by atoms with Gasteiger partial charge < -0.3 is 23.9 Å². The Morgan fingerprint density at radius 1 is 1.00 bits per heavy atom. The number of rotatable bonds is 14. The van der Waals surface area contributed by atoms with Gasteiger partial charge in [-0.25, -0.2) is 0 Å². The summed E-state index contributed by atoms with van der Waals surface area (Å²) in [6.07, 6.45) is 3.79. The van der Waals surface area contributed by atoms with Gasteiger partial charge in [0.15, 0.2) is 0 Å². The average Bonchev–Trinajstić information content (AvgIpc) is 3.49. The summed E-state index contributed by atoms with van der Waals surface area (Å²) in [5, 5.41) is 8.81. The van der Waals surface area contributed by atoms with Crippen molar-refractivity contribution in [2.24, 2.45) is 0 Å². The highest BCUT2D eigenvalue weighted by molar-refractivity contribution is 5.97. The molecule has 3 aromatic rings. The van der Waals surface area contributed by atoms with Crippen LogP contribution in [0.15, 0.2) is 71.3 Å². The van der Waals surface area contributed by atoms with Gasteiger partial charge in [0.05, 0.1) is 33.0 Å². The molecule has 0 radical (unpaired) electrons. The molecule has 202 valence electrons. The number of carboxylic acids is 1. The van der Waals surface area contributed by atoms with Crippen LogP contribution < -0.4 is 4.74 Å². The molecule has 2 aromatic carbocycles. The second-order valence-corrected chi connectivity index (χ2v) is 9.25. The van der Waals surface area contributed by atoms with E-state index in [0.717, 1.165) is 36.4 Å². The number of hydrogen-bond donors (Lipinski definition) is 1. The number of furan rings is 1. The number of hydrogen-bond acceptors (Lipinski definition) is 6. The van der Waals surface area contributed by atoms with Crippen molar-refractivity contribution in [3.05, 3.63) is 78.1 Å². The molecular weight excluding hydrogens is 484 g/mol. The van der Waals surface area contributed by atoms with Crippen LogP contribution in [0.1, 0.15) is 43.0 Å². The Bertz CT molecular complexity index is 1180. The van der Waals surface area contributed by atoms with Gasteiger partial charge in [-0.2, -0.15) is 0 Å². The minimum atomic E-state index is -0.801. The number of carbonyl (C=O) groups is 2. The van der Waals surface area contributed by atoms with Crippen molar-refractivity contribution in [2.45, 2.75) is 32.2 Å². The van der Waals surface area contributed by atoms with Gasteiger partial charge in [0.1, 0.15) is 11.5 Å². The molecule has 8 heteroatoms. The molecule has 0 aliphatic carbocycles. The van der Waals surface area contributed by atoms with Gasteiger partial charge >= 0.3 is 5.97 Å². The average molecular weight is 522 g/mol. The summed E-state index contributed by atoms with van der Waals surface area (Å²) in [5.74, 6) is 0.177. The summed E-state index contributed by atoms with van der Waals surface area (Å²) < 4.78 is 25.9. The fourth-order valence-electron chi connectivity index (χ4n) is 4.29. The van der Waals surface area contributed by atoms with E-state index in [1.807, 2.05) is 42.5 Å². The maximum atomic E-state index is 13.9. The second kappa shape index (κ2) is 14.4. The van der Waals surface area contributed by atoms with E-state index in [1.54, 1.807) is 29.4 Å². The fraction of sp³-hybridized carbons (Fsp3) is 0.400. The summed E-state index contributed by atoms with van der Waals surface area (Å²) in [6.45, 7) is 3.01. The van der Waals surface area contributed by atoms with Gasteiger partial charge in [0.2, 0.25) is 0 Å². The van der Waals surface area contributed by atoms with E-state index in [-0.39, 0.29) is 18.9 Å². The minimum absolute atomic E-state index is 0.139. The molecule has 1 atom stereocenters. The van der Waals surface area contributed by atoms with Crippen molar-refractivity contribution in [3.63, 3.8) is 0 Å². The number of benzene rings is 2. The van der Waals surface area contributed by atoms with Crippen LogP contribution in [-0.4, -0.2) is 72.8 Å². The first kappa shape index (κ1) is 26.0. The fourth-order valence-corrected chi connectivity index (χ4v) is 4.29. The number of unbranched alkanes of at least 4 members (excludes halogenated alkanes) is 2. The maximum Gasteiger partial charge on any atom is 0.303 e. The Labute approximate surface area is 225 Å². The molecule has 38 heavy (non-hydrogen) atoms. The third-order valence-corrected chi connectivity index (χ3v) is 6.45. The third-order valence-electron chi connectivity index (χ3n) is 6.45. The van der Waals surface area contributed by atoms with Crippen molar-refractivity contribution in [3.8, 4) is 17.1 Å². The number of ether oxygens (including phenoxy) is 2. The van der Waals surface area contributed by atoms with Crippen LogP contribution in [-0.2, 0) is 16.1 Å². The van der Waals surface area contributed by atoms with Gasteiger partial charge in [-0.1, -0.05) is 36.4 Å². The molecule has 2 heterocycles. The Kier molecular flexibility index (Phi) is 9.82. The molecule has 1 aliphatic rings. The van der Waals surface area contributed by atoms with Crippen LogP contribution in [0.3, 0.4) is 0 Å². The molecule has 1 amide bonds. The quantitative estimate of drug-likeness (QED) is 0.300. The van der Waals surface area contributed by atoms with Gasteiger partial charge in [-0.3, -0.25) is 14.5 Å². The molecule has 1 unspecified atom stereocenters. The number of aliphatic carboxylic acids is 1. The van der Waals surface area contributed by atoms with Crippen molar-refractivity contribution in [2.75, 3.05) is 46.0 Å². The number of carbonyl (C=O) groups excluding carboxylic acids is 1. The Morgan fingerprint density at radius 2 is 1.79 bits per heavy atom. The zero-order valence-corrected chi connectivity index (χ0v) is 21.6. The van der Waals surface area contributed by atoms with E-state index in [9.17, 15) is 9.59 Å². The minimum Gasteiger partial charge on any atom is -0.493 e. The highest BCUT2D eigenvalue weighted by Crippen LogP contribution is 2.24. The largest absolute Gasteiger partial charge is 0.493 e. The normalized spacial score (nSPS) is 15.0. The van der Waals surface area contributed by atoms with E-state index < -0.39 is 12.5 Å². The first-order valence-electron chi connectivity index (χ1n) is 13.7. The molecule has 1 N–H and O–H groups in total. The molecule has 0 saturated carbocycles. The zero-order chi connectivity index (χ0) is 27.5. The van der Waals surface area contributed by atoms with Gasteiger partial charge in [0.25, 0.3) is 5.91 Å². The summed E-state index contributed by atoms with van der Waals surface area (Å²) in [4.78, 5) is 28.4. The van der Waals surface area contributed by atoms with E-state index in [2.05, 4.69) is 4.90 Å². The van der Waals surface area contributed by atoms with Crippen LogP contribution in [0, 0.1) is 0 Å². The first-order valence-corrected chi connectivity index (χ1v) is 13.1. The van der Waals surface area contributed by atoms with E-state index in [1.165, 1.54) is 0 Å². The second-order valence-electron chi connectivity index (χ2n) is 9.25. The topological polar surface area (TPSA) is 92.5 Å². The zero-order valence-electron chi connectivity index (χ0n) is 22.6. The lowest BCUT2D eigenvalue weighted by molar-refractivity contribution is -0.137. The molecule has 1 aromatic heterocycles. The van der Waals surface area contributed by atoms with Crippen molar-refractivity contribution < 1.29 is 30.0 Å². The summed E-state index contributed by atoms with van der Waals surface area (Å²) in [6, 6.07) is 18.7. The molecule has 4 rings (SSSR count). The van der Waals surface area contributed by atoms with E-state index >= 15 is 0 Å². The highest BCUT2D eigenvalue weighted by Gasteiger charge is 2.21. The van der Waals surface area contributed by atoms with Gasteiger partial charge in [-0.15, -0.1) is 0 Å². The van der Waals surface area contributed by atoms with Crippen LogP contribution in [0.25, 0.3) is 11.3 Å². The monoisotopic (exact) mass is 521 g/mol. The number of para-hydroxylation sites is 1. The Hall–Kier alpha value is -3.62. The first-order chi connectivity index (χ1) is 19.0. The molecular formula is C30H36N2O6. The van der Waals surface area contributed by atoms with Crippen LogP contribution in [0.2, 0.25) is 0 Å². The standard InChI is InChI=1S/C30H36N2O6/c33-29(34)10-2-1-5-19-38-28-8-4-3-7-26(28)30(35)32(16-15-31-17-21-36-22-18-31)23-24-11-13-25(14-12-24)27-9-6-20-37-27/h3-4,6-9,11-14,20H,1-2,5,10,15-19,21-23H2,(H,33,34)/i16D. The smallest absolute Gasteiger partial charge is 0.303 e. The molecule has 1 saturated heterocycles. The lowest BCUT2D eigenvalue weighted by Gasteiger charge is -2.30. The lowest BCUT2D eigenvalue weighted by atomic mass is 10.1.